The fraction of sp³-hybridized carbons (Fsp3) is 0.238. The molecule has 35 heavy (non-hydrogen) atoms. The standard InChI is InChI=1S/C21H19F3N6O4S/c1-10-16(12-7-13(21(22,23)24)17(25)27-9-12)30-19(28-10)35-18(29-30)11-3-4-14(15(8-11)33-2)34-6-5-26-20(31)32/h3-4,7-9,26H,5-6H2,1-2H3,(H2,25,27)(H,31,32)/p-1. The number of hydrogen-bond acceptors (Lipinski definition) is 9. The number of nitrogen functional groups attached to an aromatic ring is 1. The van der Waals surface area contributed by atoms with E-state index >= 15 is 0 Å². The number of nitrogens with two attached hydrogens (primary N) is 1. The molecule has 1 aromatic carbocycles. The molecule has 3 aromatic heterocycles. The van der Waals surface area contributed by atoms with Crippen molar-refractivity contribution in [3.63, 3.8) is 0 Å². The Morgan fingerprint density at radius 2 is 2.03 bits per heavy atom. The van der Waals surface area contributed by atoms with Gasteiger partial charge in [0, 0.05) is 17.3 Å². The zero-order chi connectivity index (χ0) is 25.3. The molecule has 184 valence electrons. The van der Waals surface area contributed by atoms with Crippen molar-refractivity contribution in [1.82, 2.24) is 24.9 Å². The van der Waals surface area contributed by atoms with E-state index in [-0.39, 0.29) is 18.7 Å². The van der Waals surface area contributed by atoms with Crippen LogP contribution in [0.5, 0.6) is 11.5 Å². The normalized spacial score (nSPS) is 11.6. The zero-order valence-corrected chi connectivity index (χ0v) is 19.2. The van der Waals surface area contributed by atoms with E-state index in [1.54, 1.807) is 25.1 Å². The Bertz CT molecular complexity index is 1400. The third-order valence-electron chi connectivity index (χ3n) is 4.91. The van der Waals surface area contributed by atoms with Gasteiger partial charge >= 0.3 is 6.18 Å². The van der Waals surface area contributed by atoms with E-state index in [2.05, 4.69) is 20.4 Å². The van der Waals surface area contributed by atoms with Gasteiger partial charge in [-0.15, -0.1) is 0 Å². The Labute approximate surface area is 200 Å². The number of carbonyl (C=O) groups excluding carboxylic acids is 1. The number of alkyl halides is 3. The number of pyridine rings is 1. The molecule has 0 radical (unpaired) electrons. The average molecular weight is 507 g/mol. The molecule has 0 fully saturated rings. The monoisotopic (exact) mass is 507 g/mol. The Morgan fingerprint density at radius 3 is 2.71 bits per heavy atom. The first-order chi connectivity index (χ1) is 16.6. The predicted octanol–water partition coefficient (Wildman–Crippen LogP) is 2.75. The Balaban J connectivity index is 1.67. The third-order valence-corrected chi connectivity index (χ3v) is 5.87. The van der Waals surface area contributed by atoms with E-state index in [9.17, 15) is 23.1 Å². The Hall–Kier alpha value is -4.07. The highest BCUT2D eigenvalue weighted by molar-refractivity contribution is 7.19. The predicted molar refractivity (Wildman–Crippen MR) is 119 cm³/mol. The number of amides is 1. The van der Waals surface area contributed by atoms with Crippen molar-refractivity contribution in [3.8, 4) is 33.3 Å². The quantitative estimate of drug-likeness (QED) is 0.364. The van der Waals surface area contributed by atoms with Gasteiger partial charge < -0.3 is 30.4 Å². The number of halogens is 3. The maximum absolute atomic E-state index is 13.3. The summed E-state index contributed by atoms with van der Waals surface area (Å²) in [4.78, 5) is 19.0. The first-order valence-electron chi connectivity index (χ1n) is 10.0. The number of nitrogens with zero attached hydrogens (tertiary/aromatic N) is 4. The number of rotatable bonds is 7. The lowest BCUT2D eigenvalue weighted by Crippen LogP contribution is -2.38. The van der Waals surface area contributed by atoms with Crippen LogP contribution >= 0.6 is 11.3 Å². The topological polar surface area (TPSA) is 140 Å². The Morgan fingerprint density at radius 1 is 1.26 bits per heavy atom. The van der Waals surface area contributed by atoms with Crippen LogP contribution < -0.4 is 25.6 Å². The van der Waals surface area contributed by atoms with E-state index in [1.165, 1.54) is 29.2 Å². The van der Waals surface area contributed by atoms with Gasteiger partial charge in [-0.25, -0.2) is 14.5 Å². The molecule has 4 aromatic rings. The van der Waals surface area contributed by atoms with Crippen molar-refractivity contribution in [3.05, 3.63) is 41.7 Å². The highest BCUT2D eigenvalue weighted by Gasteiger charge is 2.34. The number of carbonyl (C=O) groups is 1. The molecule has 1 amide bonds. The molecule has 0 aliphatic heterocycles. The number of imidazole rings is 1. The number of aromatic nitrogens is 4. The summed E-state index contributed by atoms with van der Waals surface area (Å²) in [6, 6.07) is 5.98. The number of benzene rings is 1. The maximum atomic E-state index is 13.3. The second kappa shape index (κ2) is 9.29. The fourth-order valence-electron chi connectivity index (χ4n) is 3.36. The molecule has 0 unspecified atom stereocenters. The summed E-state index contributed by atoms with van der Waals surface area (Å²) in [6.45, 7) is 1.77. The minimum Gasteiger partial charge on any atom is -0.530 e. The molecule has 0 aliphatic carbocycles. The summed E-state index contributed by atoms with van der Waals surface area (Å²) in [7, 11) is 1.45. The largest absolute Gasteiger partial charge is 0.530 e. The highest BCUT2D eigenvalue weighted by atomic mass is 32.1. The lowest BCUT2D eigenvalue weighted by molar-refractivity contribution is -0.250. The van der Waals surface area contributed by atoms with Crippen LogP contribution in [-0.4, -0.2) is 45.9 Å². The number of fused-ring (bicyclic) bond motifs is 1. The lowest BCUT2D eigenvalue weighted by Gasteiger charge is -2.12. The van der Waals surface area contributed by atoms with Gasteiger partial charge in [-0.2, -0.15) is 18.3 Å². The molecule has 0 saturated heterocycles. The number of anilines is 1. The van der Waals surface area contributed by atoms with Gasteiger partial charge in [0.25, 0.3) is 0 Å². The van der Waals surface area contributed by atoms with Crippen molar-refractivity contribution in [1.29, 1.82) is 0 Å². The summed E-state index contributed by atoms with van der Waals surface area (Å²) in [6.07, 6.45) is -4.80. The molecule has 14 heteroatoms. The van der Waals surface area contributed by atoms with Crippen molar-refractivity contribution >= 4 is 28.2 Å². The van der Waals surface area contributed by atoms with E-state index in [4.69, 9.17) is 15.2 Å². The van der Waals surface area contributed by atoms with Crippen LogP contribution in [0.1, 0.15) is 11.3 Å². The van der Waals surface area contributed by atoms with Crippen molar-refractivity contribution in [2.75, 3.05) is 26.0 Å². The minimum absolute atomic E-state index is 0.0368. The number of methoxy groups -OCH3 is 1. The molecular formula is C21H18F3N6O4S-. The summed E-state index contributed by atoms with van der Waals surface area (Å²) in [5.74, 6) is 0.170. The highest BCUT2D eigenvalue weighted by Crippen LogP contribution is 2.38. The number of hydrogen-bond donors (Lipinski definition) is 2. The van der Waals surface area contributed by atoms with Gasteiger partial charge in [0.05, 0.1) is 30.6 Å². The molecule has 0 atom stereocenters. The van der Waals surface area contributed by atoms with E-state index < -0.39 is 23.7 Å². The molecular weight excluding hydrogens is 489 g/mol. The second-order valence-corrected chi connectivity index (χ2v) is 8.19. The van der Waals surface area contributed by atoms with Crippen molar-refractivity contribution in [2.45, 2.75) is 13.1 Å². The summed E-state index contributed by atoms with van der Waals surface area (Å²) < 4.78 is 52.4. The van der Waals surface area contributed by atoms with Gasteiger partial charge in [0.15, 0.2) is 11.5 Å². The molecule has 0 saturated carbocycles. The number of nitrogens with one attached hydrogen (secondary N) is 1. The smallest absolute Gasteiger partial charge is 0.419 e. The van der Waals surface area contributed by atoms with Gasteiger partial charge in [-0.05, 0) is 31.2 Å². The van der Waals surface area contributed by atoms with Crippen LogP contribution in [0, 0.1) is 6.92 Å². The third kappa shape index (κ3) is 4.91. The molecule has 10 nitrogen and oxygen atoms in total. The van der Waals surface area contributed by atoms with Crippen LogP contribution in [-0.2, 0) is 6.18 Å². The number of aryl methyl sites for hydroxylation is 1. The van der Waals surface area contributed by atoms with Gasteiger partial charge in [-0.1, -0.05) is 11.3 Å². The minimum atomic E-state index is -4.65. The molecule has 0 spiro atoms. The van der Waals surface area contributed by atoms with Crippen molar-refractivity contribution in [2.24, 2.45) is 0 Å². The first kappa shape index (κ1) is 24.1. The summed E-state index contributed by atoms with van der Waals surface area (Å²) in [5.41, 5.74) is 6.09. The fourth-order valence-corrected chi connectivity index (χ4v) is 4.30. The molecule has 0 aliphatic rings. The van der Waals surface area contributed by atoms with E-state index in [0.717, 1.165) is 6.07 Å². The van der Waals surface area contributed by atoms with Gasteiger partial charge in [0.1, 0.15) is 23.5 Å². The molecule has 0 bridgehead atoms. The summed E-state index contributed by atoms with van der Waals surface area (Å²) >= 11 is 1.24. The van der Waals surface area contributed by atoms with Gasteiger partial charge in [-0.3, -0.25) is 0 Å². The number of ether oxygens (including phenoxy) is 2. The van der Waals surface area contributed by atoms with Crippen LogP contribution in [0.15, 0.2) is 30.5 Å². The van der Waals surface area contributed by atoms with Crippen LogP contribution in [0.4, 0.5) is 23.8 Å². The SMILES string of the molecule is COc1cc(-c2nn3c(-c4cnc(N)c(C(F)(F)F)c4)c(C)nc3s2)ccc1OCCNC(=O)[O-]. The zero-order valence-electron chi connectivity index (χ0n) is 18.3. The van der Waals surface area contributed by atoms with Crippen LogP contribution in [0.3, 0.4) is 0 Å². The van der Waals surface area contributed by atoms with Crippen molar-refractivity contribution < 1.29 is 32.5 Å². The molecule has 3 N–H and O–H groups in total. The molecule has 3 heterocycles. The maximum Gasteiger partial charge on any atom is 0.419 e. The second-order valence-electron chi connectivity index (χ2n) is 7.23. The van der Waals surface area contributed by atoms with E-state index in [1.807, 2.05) is 0 Å². The van der Waals surface area contributed by atoms with Crippen LogP contribution in [0.25, 0.3) is 26.8 Å². The van der Waals surface area contributed by atoms with Gasteiger partial charge in [0.2, 0.25) is 4.96 Å². The van der Waals surface area contributed by atoms with E-state index in [0.29, 0.717) is 38.4 Å². The molecule has 4 rings (SSSR count). The Kier molecular flexibility index (Phi) is 6.39. The van der Waals surface area contributed by atoms with Crippen LogP contribution in [0.2, 0.25) is 0 Å². The number of carboxylic acid groups (broad SMARTS) is 1. The summed E-state index contributed by atoms with van der Waals surface area (Å²) in [5, 5.41) is 17.6. The first-order valence-corrected chi connectivity index (χ1v) is 10.9. The lowest BCUT2D eigenvalue weighted by atomic mass is 10.1. The average Bonchev–Trinajstić information content (AvgIpc) is 3.33.